The van der Waals surface area contributed by atoms with Crippen LogP contribution in [-0.4, -0.2) is 51.3 Å². The third-order valence-electron chi connectivity index (χ3n) is 3.92. The molecule has 118 valence electrons. The Morgan fingerprint density at radius 1 is 1.14 bits per heavy atom. The van der Waals surface area contributed by atoms with Crippen LogP contribution in [0.15, 0.2) is 18.2 Å². The molecule has 0 spiro atoms. The zero-order valence-corrected chi connectivity index (χ0v) is 13.7. The molecule has 0 saturated carbocycles. The maximum Gasteiger partial charge on any atom is 0.142 e. The predicted octanol–water partition coefficient (Wildman–Crippen LogP) is 2.34. The summed E-state index contributed by atoms with van der Waals surface area (Å²) in [5.41, 5.74) is 2.54. The van der Waals surface area contributed by atoms with Crippen molar-refractivity contribution in [1.29, 1.82) is 0 Å². The van der Waals surface area contributed by atoms with Gasteiger partial charge in [-0.2, -0.15) is 0 Å². The molecular weight excluding hydrogens is 262 g/mol. The van der Waals surface area contributed by atoms with Crippen LogP contribution in [0.4, 0.5) is 5.69 Å². The number of anilines is 1. The van der Waals surface area contributed by atoms with Gasteiger partial charge in [-0.15, -0.1) is 0 Å². The first kappa shape index (κ1) is 16.1. The molecule has 1 aromatic rings. The maximum absolute atomic E-state index is 5.88. The molecule has 0 bridgehead atoms. The largest absolute Gasteiger partial charge is 0.492 e. The first-order valence-corrected chi connectivity index (χ1v) is 8.14. The van der Waals surface area contributed by atoms with Crippen LogP contribution in [0.3, 0.4) is 0 Å². The van der Waals surface area contributed by atoms with Gasteiger partial charge in [0.15, 0.2) is 0 Å². The number of ether oxygens (including phenoxy) is 1. The lowest BCUT2D eigenvalue weighted by Gasteiger charge is -2.35. The van der Waals surface area contributed by atoms with Crippen LogP contribution in [0.25, 0.3) is 0 Å². The van der Waals surface area contributed by atoms with Crippen LogP contribution in [0.2, 0.25) is 0 Å². The highest BCUT2D eigenvalue weighted by Gasteiger charge is 2.17. The normalized spacial score (nSPS) is 16.2. The first-order valence-electron chi connectivity index (χ1n) is 8.14. The number of hydrogen-bond donors (Lipinski definition) is 1. The van der Waals surface area contributed by atoms with E-state index in [1.54, 1.807) is 0 Å². The number of hydrogen-bond acceptors (Lipinski definition) is 4. The molecule has 1 aromatic carbocycles. The van der Waals surface area contributed by atoms with E-state index in [1.165, 1.54) is 11.3 Å². The second kappa shape index (κ2) is 8.25. The van der Waals surface area contributed by atoms with Gasteiger partial charge in [-0.25, -0.2) is 0 Å². The van der Waals surface area contributed by atoms with E-state index in [4.69, 9.17) is 4.74 Å². The summed E-state index contributed by atoms with van der Waals surface area (Å²) in [5, 5.41) is 3.45. The van der Waals surface area contributed by atoms with E-state index in [0.29, 0.717) is 6.61 Å². The summed E-state index contributed by atoms with van der Waals surface area (Å²) in [6, 6.07) is 6.64. The van der Waals surface area contributed by atoms with E-state index in [-0.39, 0.29) is 0 Å². The van der Waals surface area contributed by atoms with Gasteiger partial charge in [-0.1, -0.05) is 13.0 Å². The van der Waals surface area contributed by atoms with Crippen LogP contribution < -0.4 is 15.0 Å². The standard InChI is InChI=1S/C17H29N3O/c1-4-8-18-14-15-6-7-16(17(13-15)21-5-2)20-11-9-19(3)10-12-20/h6-7,13,18H,4-5,8-12,14H2,1-3H3. The summed E-state index contributed by atoms with van der Waals surface area (Å²) < 4.78 is 5.88. The van der Waals surface area contributed by atoms with Crippen LogP contribution in [0, 0.1) is 0 Å². The Labute approximate surface area is 129 Å². The van der Waals surface area contributed by atoms with Crippen LogP contribution in [0.1, 0.15) is 25.8 Å². The van der Waals surface area contributed by atoms with Crippen molar-refractivity contribution >= 4 is 5.69 Å². The maximum atomic E-state index is 5.88. The molecular formula is C17H29N3O. The van der Waals surface area contributed by atoms with Gasteiger partial charge in [0.25, 0.3) is 0 Å². The van der Waals surface area contributed by atoms with Gasteiger partial charge in [0.1, 0.15) is 5.75 Å². The van der Waals surface area contributed by atoms with E-state index in [2.05, 4.69) is 54.2 Å². The highest BCUT2D eigenvalue weighted by atomic mass is 16.5. The summed E-state index contributed by atoms with van der Waals surface area (Å²) in [5.74, 6) is 1.03. The fourth-order valence-corrected chi connectivity index (χ4v) is 2.66. The summed E-state index contributed by atoms with van der Waals surface area (Å²) in [4.78, 5) is 4.81. The third kappa shape index (κ3) is 4.61. The fourth-order valence-electron chi connectivity index (χ4n) is 2.66. The van der Waals surface area contributed by atoms with Crippen molar-refractivity contribution in [2.75, 3.05) is 51.3 Å². The lowest BCUT2D eigenvalue weighted by atomic mass is 10.1. The molecule has 0 aliphatic carbocycles. The monoisotopic (exact) mass is 291 g/mol. The minimum absolute atomic E-state index is 0.715. The SMILES string of the molecule is CCCNCc1ccc(N2CCN(C)CC2)c(OCC)c1. The average molecular weight is 291 g/mol. The van der Waals surface area contributed by atoms with Crippen molar-refractivity contribution in [2.45, 2.75) is 26.8 Å². The number of nitrogens with one attached hydrogen (secondary N) is 1. The average Bonchev–Trinajstić information content (AvgIpc) is 2.49. The zero-order chi connectivity index (χ0) is 15.1. The molecule has 0 atom stereocenters. The Hall–Kier alpha value is -1.26. The van der Waals surface area contributed by atoms with E-state index < -0.39 is 0 Å². The van der Waals surface area contributed by atoms with Crippen LogP contribution in [0.5, 0.6) is 5.75 Å². The molecule has 1 saturated heterocycles. The third-order valence-corrected chi connectivity index (χ3v) is 3.92. The molecule has 21 heavy (non-hydrogen) atoms. The molecule has 1 fully saturated rings. The minimum Gasteiger partial charge on any atom is -0.492 e. The lowest BCUT2D eigenvalue weighted by molar-refractivity contribution is 0.307. The Balaban J connectivity index is 2.08. The summed E-state index contributed by atoms with van der Waals surface area (Å²) in [6.45, 7) is 11.3. The molecule has 1 aliphatic rings. The zero-order valence-electron chi connectivity index (χ0n) is 13.7. The van der Waals surface area contributed by atoms with Crippen molar-refractivity contribution in [3.63, 3.8) is 0 Å². The second-order valence-corrected chi connectivity index (χ2v) is 5.70. The highest BCUT2D eigenvalue weighted by molar-refractivity contribution is 5.60. The van der Waals surface area contributed by atoms with Gasteiger partial charge in [0.2, 0.25) is 0 Å². The molecule has 4 nitrogen and oxygen atoms in total. The van der Waals surface area contributed by atoms with Crippen LogP contribution in [-0.2, 0) is 6.54 Å². The molecule has 1 aliphatic heterocycles. The smallest absolute Gasteiger partial charge is 0.142 e. The number of benzene rings is 1. The topological polar surface area (TPSA) is 27.7 Å². The van der Waals surface area contributed by atoms with Gasteiger partial charge in [-0.05, 0) is 44.6 Å². The van der Waals surface area contributed by atoms with Gasteiger partial charge in [0, 0.05) is 32.7 Å². The van der Waals surface area contributed by atoms with E-state index >= 15 is 0 Å². The number of piperazine rings is 1. The Bertz CT molecular complexity index is 428. The molecule has 1 N–H and O–H groups in total. The summed E-state index contributed by atoms with van der Waals surface area (Å²) >= 11 is 0. The van der Waals surface area contributed by atoms with E-state index in [0.717, 1.165) is 51.4 Å². The molecule has 1 heterocycles. The molecule has 4 heteroatoms. The molecule has 0 radical (unpaired) electrons. The summed E-state index contributed by atoms with van der Waals surface area (Å²) in [7, 11) is 2.18. The molecule has 0 aromatic heterocycles. The second-order valence-electron chi connectivity index (χ2n) is 5.70. The van der Waals surface area contributed by atoms with Crippen molar-refractivity contribution in [2.24, 2.45) is 0 Å². The van der Waals surface area contributed by atoms with E-state index in [9.17, 15) is 0 Å². The van der Waals surface area contributed by atoms with Gasteiger partial charge < -0.3 is 19.9 Å². The number of nitrogens with zero attached hydrogens (tertiary/aromatic N) is 2. The number of rotatable bonds is 7. The van der Waals surface area contributed by atoms with Crippen molar-refractivity contribution in [1.82, 2.24) is 10.2 Å². The Kier molecular flexibility index (Phi) is 6.33. The molecule has 2 rings (SSSR count). The lowest BCUT2D eigenvalue weighted by Crippen LogP contribution is -2.44. The van der Waals surface area contributed by atoms with E-state index in [1.807, 2.05) is 0 Å². The van der Waals surface area contributed by atoms with Gasteiger partial charge in [-0.3, -0.25) is 0 Å². The number of likely N-dealkylation sites (N-methyl/N-ethyl adjacent to an activating group) is 1. The Morgan fingerprint density at radius 3 is 2.57 bits per heavy atom. The van der Waals surface area contributed by atoms with Gasteiger partial charge >= 0.3 is 0 Å². The Morgan fingerprint density at radius 2 is 1.90 bits per heavy atom. The summed E-state index contributed by atoms with van der Waals surface area (Å²) in [6.07, 6.45) is 1.16. The fraction of sp³-hybridized carbons (Fsp3) is 0.647. The van der Waals surface area contributed by atoms with Crippen molar-refractivity contribution in [3.05, 3.63) is 23.8 Å². The highest BCUT2D eigenvalue weighted by Crippen LogP contribution is 2.30. The predicted molar refractivity (Wildman–Crippen MR) is 89.3 cm³/mol. The van der Waals surface area contributed by atoms with Crippen molar-refractivity contribution in [3.8, 4) is 5.75 Å². The molecule has 0 amide bonds. The van der Waals surface area contributed by atoms with Gasteiger partial charge in [0.05, 0.1) is 12.3 Å². The molecule has 0 unspecified atom stereocenters. The first-order chi connectivity index (χ1) is 10.2. The minimum atomic E-state index is 0.715. The van der Waals surface area contributed by atoms with Crippen LogP contribution >= 0.6 is 0 Å². The quantitative estimate of drug-likeness (QED) is 0.780. The van der Waals surface area contributed by atoms with Crippen molar-refractivity contribution < 1.29 is 4.74 Å².